The Bertz CT molecular complexity index is 918. The van der Waals surface area contributed by atoms with Crippen molar-refractivity contribution in [3.05, 3.63) is 54.3 Å². The molecule has 1 saturated heterocycles. The van der Waals surface area contributed by atoms with Crippen LogP contribution in [0.1, 0.15) is 19.8 Å². The van der Waals surface area contributed by atoms with Gasteiger partial charge in [0.05, 0.1) is 18.5 Å². The van der Waals surface area contributed by atoms with E-state index in [1.165, 1.54) is 31.0 Å². The van der Waals surface area contributed by atoms with Gasteiger partial charge in [-0.1, -0.05) is 30.8 Å². The fourth-order valence-electron chi connectivity index (χ4n) is 2.90. The molecule has 2 amide bonds. The number of anilines is 1. The molecule has 1 unspecified atom stereocenters. The summed E-state index contributed by atoms with van der Waals surface area (Å²) in [5, 5.41) is 2.76. The molecule has 0 radical (unpaired) electrons. The van der Waals surface area contributed by atoms with E-state index in [0.717, 1.165) is 6.42 Å². The standard InChI is InChI=1S/C21H22FN3O3S/c1-3-12-25-20(27)18(29-21(25)23-15-10-8-14(22)9-11-15)13-19(26)24-16-6-4-5-7-17(16)28-2/h4-11,18H,3,12-13H2,1-2H3,(H,24,26). The summed E-state index contributed by atoms with van der Waals surface area (Å²) in [5.74, 6) is -0.217. The van der Waals surface area contributed by atoms with Crippen molar-refractivity contribution >= 4 is 40.1 Å². The number of carbonyl (C=O) groups is 2. The monoisotopic (exact) mass is 415 g/mol. The number of halogens is 1. The average Bonchev–Trinajstić information content (AvgIpc) is 2.99. The number of hydrogen-bond donors (Lipinski definition) is 1. The summed E-state index contributed by atoms with van der Waals surface area (Å²) in [6.07, 6.45) is 0.777. The predicted octanol–water partition coefficient (Wildman–Crippen LogP) is 4.20. The molecule has 1 fully saturated rings. The third-order valence-electron chi connectivity index (χ3n) is 4.27. The first-order valence-electron chi connectivity index (χ1n) is 9.27. The minimum Gasteiger partial charge on any atom is -0.495 e. The minimum atomic E-state index is -0.560. The second-order valence-electron chi connectivity index (χ2n) is 6.42. The number of ether oxygens (including phenoxy) is 1. The smallest absolute Gasteiger partial charge is 0.242 e. The van der Waals surface area contributed by atoms with Gasteiger partial charge in [-0.25, -0.2) is 9.38 Å². The van der Waals surface area contributed by atoms with Crippen LogP contribution in [0, 0.1) is 5.82 Å². The Morgan fingerprint density at radius 3 is 2.66 bits per heavy atom. The lowest BCUT2D eigenvalue weighted by atomic mass is 10.2. The lowest BCUT2D eigenvalue weighted by Gasteiger charge is -2.15. The van der Waals surface area contributed by atoms with Crippen LogP contribution >= 0.6 is 11.8 Å². The Kier molecular flexibility index (Phi) is 6.87. The van der Waals surface area contributed by atoms with Gasteiger partial charge in [0.25, 0.3) is 0 Å². The topological polar surface area (TPSA) is 71.0 Å². The van der Waals surface area contributed by atoms with Crippen LogP contribution in [0.4, 0.5) is 15.8 Å². The molecule has 0 aliphatic carbocycles. The number of para-hydroxylation sites is 2. The summed E-state index contributed by atoms with van der Waals surface area (Å²) in [6, 6.07) is 12.9. The van der Waals surface area contributed by atoms with Gasteiger partial charge in [0.15, 0.2) is 5.17 Å². The van der Waals surface area contributed by atoms with Crippen molar-refractivity contribution in [3.63, 3.8) is 0 Å². The molecule has 8 heteroatoms. The van der Waals surface area contributed by atoms with Gasteiger partial charge in [0.1, 0.15) is 16.8 Å². The second-order valence-corrected chi connectivity index (χ2v) is 7.59. The Balaban J connectivity index is 1.73. The lowest BCUT2D eigenvalue weighted by Crippen LogP contribution is -2.34. The normalized spacial score (nSPS) is 17.6. The summed E-state index contributed by atoms with van der Waals surface area (Å²) >= 11 is 1.26. The van der Waals surface area contributed by atoms with Crippen molar-refractivity contribution in [2.45, 2.75) is 25.0 Å². The first-order chi connectivity index (χ1) is 14.0. The number of carbonyl (C=O) groups excluding carboxylic acids is 2. The fourth-order valence-corrected chi connectivity index (χ4v) is 4.08. The zero-order valence-corrected chi connectivity index (χ0v) is 17.0. The molecular formula is C21H22FN3O3S. The van der Waals surface area contributed by atoms with E-state index in [1.54, 1.807) is 35.2 Å². The number of amidine groups is 1. The van der Waals surface area contributed by atoms with Gasteiger partial charge in [-0.2, -0.15) is 0 Å². The molecule has 2 aromatic rings. The Hall–Kier alpha value is -2.87. The highest BCUT2D eigenvalue weighted by Crippen LogP contribution is 2.32. The largest absolute Gasteiger partial charge is 0.495 e. The molecular weight excluding hydrogens is 393 g/mol. The molecule has 29 heavy (non-hydrogen) atoms. The summed E-state index contributed by atoms with van der Waals surface area (Å²) in [7, 11) is 1.53. The van der Waals surface area contributed by atoms with Crippen LogP contribution in [0.2, 0.25) is 0 Å². The number of rotatable bonds is 7. The number of nitrogens with zero attached hydrogens (tertiary/aromatic N) is 2. The third-order valence-corrected chi connectivity index (χ3v) is 5.45. The summed E-state index contributed by atoms with van der Waals surface area (Å²) in [5.41, 5.74) is 1.11. The number of methoxy groups -OCH3 is 1. The SMILES string of the molecule is CCCN1C(=O)C(CC(=O)Nc2ccccc2OC)SC1=Nc1ccc(F)cc1. The van der Waals surface area contributed by atoms with E-state index in [4.69, 9.17) is 4.74 Å². The maximum absolute atomic E-state index is 13.1. The van der Waals surface area contributed by atoms with Gasteiger partial charge in [-0.3, -0.25) is 14.5 Å². The maximum Gasteiger partial charge on any atom is 0.242 e. The van der Waals surface area contributed by atoms with E-state index >= 15 is 0 Å². The molecule has 0 spiro atoms. The number of aliphatic imine (C=N–C) groups is 1. The highest BCUT2D eigenvalue weighted by atomic mass is 32.2. The van der Waals surface area contributed by atoms with Gasteiger partial charge in [-0.05, 0) is 42.8 Å². The van der Waals surface area contributed by atoms with Crippen molar-refractivity contribution in [3.8, 4) is 5.75 Å². The minimum absolute atomic E-state index is 0.0181. The highest BCUT2D eigenvalue weighted by molar-refractivity contribution is 8.15. The molecule has 1 aliphatic heterocycles. The van der Waals surface area contributed by atoms with Crippen LogP contribution in [0.15, 0.2) is 53.5 Å². The third kappa shape index (κ3) is 5.14. The highest BCUT2D eigenvalue weighted by Gasteiger charge is 2.38. The summed E-state index contributed by atoms with van der Waals surface area (Å²) < 4.78 is 18.4. The van der Waals surface area contributed by atoms with Crippen molar-refractivity contribution in [2.24, 2.45) is 4.99 Å². The molecule has 2 aromatic carbocycles. The zero-order valence-electron chi connectivity index (χ0n) is 16.2. The molecule has 0 aromatic heterocycles. The van der Waals surface area contributed by atoms with E-state index in [9.17, 15) is 14.0 Å². The van der Waals surface area contributed by atoms with Crippen molar-refractivity contribution < 1.29 is 18.7 Å². The number of thioether (sulfide) groups is 1. The van der Waals surface area contributed by atoms with E-state index in [2.05, 4.69) is 10.3 Å². The van der Waals surface area contributed by atoms with Crippen molar-refractivity contribution in [1.82, 2.24) is 4.90 Å². The van der Waals surface area contributed by atoms with Crippen LogP contribution in [0.3, 0.4) is 0 Å². The van der Waals surface area contributed by atoms with Crippen LogP contribution < -0.4 is 10.1 Å². The number of nitrogens with one attached hydrogen (secondary N) is 1. The Morgan fingerprint density at radius 2 is 1.97 bits per heavy atom. The molecule has 152 valence electrons. The molecule has 6 nitrogen and oxygen atoms in total. The van der Waals surface area contributed by atoms with Crippen LogP contribution in [-0.4, -0.2) is 40.8 Å². The van der Waals surface area contributed by atoms with Gasteiger partial charge >= 0.3 is 0 Å². The number of benzene rings is 2. The average molecular weight is 415 g/mol. The summed E-state index contributed by atoms with van der Waals surface area (Å²) in [4.78, 5) is 31.4. The van der Waals surface area contributed by atoms with Gasteiger partial charge in [0.2, 0.25) is 11.8 Å². The predicted molar refractivity (Wildman–Crippen MR) is 113 cm³/mol. The molecule has 1 atom stereocenters. The molecule has 1 N–H and O–H groups in total. The van der Waals surface area contributed by atoms with Crippen LogP contribution in [-0.2, 0) is 9.59 Å². The first kappa shape index (κ1) is 20.9. The molecule has 1 aliphatic rings. The Labute approximate surface area is 173 Å². The van der Waals surface area contributed by atoms with E-state index in [-0.39, 0.29) is 24.1 Å². The first-order valence-corrected chi connectivity index (χ1v) is 10.1. The second kappa shape index (κ2) is 9.56. The number of hydrogen-bond acceptors (Lipinski definition) is 5. The van der Waals surface area contributed by atoms with Gasteiger partial charge in [0, 0.05) is 13.0 Å². The van der Waals surface area contributed by atoms with E-state index < -0.39 is 5.25 Å². The van der Waals surface area contributed by atoms with Gasteiger partial charge < -0.3 is 10.1 Å². The summed E-state index contributed by atoms with van der Waals surface area (Å²) in [6.45, 7) is 2.48. The molecule has 0 bridgehead atoms. The van der Waals surface area contributed by atoms with Crippen molar-refractivity contribution in [1.29, 1.82) is 0 Å². The fraction of sp³-hybridized carbons (Fsp3) is 0.286. The van der Waals surface area contributed by atoms with Gasteiger partial charge in [-0.15, -0.1) is 0 Å². The van der Waals surface area contributed by atoms with E-state index in [0.29, 0.717) is 28.8 Å². The van der Waals surface area contributed by atoms with Crippen LogP contribution in [0.5, 0.6) is 5.75 Å². The number of amides is 2. The molecule has 0 saturated carbocycles. The van der Waals surface area contributed by atoms with E-state index in [1.807, 2.05) is 13.0 Å². The zero-order chi connectivity index (χ0) is 20.8. The Morgan fingerprint density at radius 1 is 1.24 bits per heavy atom. The quantitative estimate of drug-likeness (QED) is 0.736. The maximum atomic E-state index is 13.1. The molecule has 1 heterocycles. The lowest BCUT2D eigenvalue weighted by molar-refractivity contribution is -0.128. The molecule has 3 rings (SSSR count). The van der Waals surface area contributed by atoms with Crippen LogP contribution in [0.25, 0.3) is 0 Å². The van der Waals surface area contributed by atoms with Crippen molar-refractivity contribution in [2.75, 3.05) is 19.0 Å².